The van der Waals surface area contributed by atoms with Gasteiger partial charge in [-0.2, -0.15) is 0 Å². The Hall–Kier alpha value is -0.160. The fraction of sp³-hybridized carbons (Fsp3) is 1.00. The van der Waals surface area contributed by atoms with Crippen LogP contribution < -0.4 is 0 Å². The molecule has 0 aromatic rings. The maximum atomic E-state index is 8.78. The molecule has 0 aromatic carbocycles. The molecule has 0 spiro atoms. The van der Waals surface area contributed by atoms with Crippen molar-refractivity contribution in [1.82, 2.24) is 0 Å². The predicted octanol–water partition coefficient (Wildman–Crippen LogP) is 8.63. The van der Waals surface area contributed by atoms with Crippen LogP contribution in [0.15, 0.2) is 0 Å². The van der Waals surface area contributed by atoms with Crippen LogP contribution in [-0.2, 0) is 14.2 Å². The summed E-state index contributed by atoms with van der Waals surface area (Å²) in [5, 5.41) is 8.78. The van der Waals surface area contributed by atoms with Crippen molar-refractivity contribution in [1.29, 1.82) is 0 Å². The molecule has 1 fully saturated rings. The van der Waals surface area contributed by atoms with Gasteiger partial charge in [-0.25, -0.2) is 0 Å². The van der Waals surface area contributed by atoms with Crippen molar-refractivity contribution in [2.24, 2.45) is 5.92 Å². The highest BCUT2D eigenvalue weighted by molar-refractivity contribution is 4.73. The van der Waals surface area contributed by atoms with Crippen molar-refractivity contribution in [3.05, 3.63) is 0 Å². The van der Waals surface area contributed by atoms with E-state index in [9.17, 15) is 0 Å². The van der Waals surface area contributed by atoms with E-state index in [0.717, 1.165) is 58.7 Å². The lowest BCUT2D eigenvalue weighted by atomic mass is 10.0. The smallest absolute Gasteiger partial charge is 0.0813 e. The van der Waals surface area contributed by atoms with Crippen LogP contribution in [-0.4, -0.2) is 50.9 Å². The molecule has 1 saturated heterocycles. The maximum Gasteiger partial charge on any atom is 0.0813 e. The molecular weight excluding hydrogens is 436 g/mol. The summed E-state index contributed by atoms with van der Waals surface area (Å²) in [6.45, 7) is 6.76. The SMILES string of the molecule is CCCCCCCCCCCCCCCCCCOC[C@@H]1C[C@@H](COCCCCCCCO)CO1. The van der Waals surface area contributed by atoms with Crippen LogP contribution in [0.4, 0.5) is 0 Å². The Morgan fingerprint density at radius 3 is 1.49 bits per heavy atom. The monoisotopic (exact) mass is 498 g/mol. The number of unbranched alkanes of at least 4 members (excludes halogenated alkanes) is 19. The van der Waals surface area contributed by atoms with E-state index < -0.39 is 0 Å². The highest BCUT2D eigenvalue weighted by Gasteiger charge is 2.25. The maximum absolute atomic E-state index is 8.78. The third kappa shape index (κ3) is 22.7. The molecule has 4 heteroatoms. The largest absolute Gasteiger partial charge is 0.396 e. The van der Waals surface area contributed by atoms with E-state index in [-0.39, 0.29) is 6.10 Å². The summed E-state index contributed by atoms with van der Waals surface area (Å²) in [7, 11) is 0. The van der Waals surface area contributed by atoms with E-state index >= 15 is 0 Å². The first-order valence-corrected chi connectivity index (χ1v) is 15.7. The Labute approximate surface area is 219 Å². The number of hydrogen-bond donors (Lipinski definition) is 1. The summed E-state index contributed by atoms with van der Waals surface area (Å²) in [5.41, 5.74) is 0. The van der Waals surface area contributed by atoms with Crippen molar-refractivity contribution in [3.8, 4) is 0 Å². The highest BCUT2D eigenvalue weighted by atomic mass is 16.5. The third-order valence-electron chi connectivity index (χ3n) is 7.41. The second-order valence-electron chi connectivity index (χ2n) is 11.0. The standard InChI is InChI=1S/C31H62O4/c1-2-3-4-5-6-7-8-9-10-11-12-13-14-15-18-22-25-34-29-31-26-30(28-35-31)27-33-24-21-19-16-17-20-23-32/h30-32H,2-29H2,1H3/t30-,31-/m0/s1. The molecule has 2 atom stereocenters. The Bertz CT molecular complexity index is 403. The third-order valence-corrected chi connectivity index (χ3v) is 7.41. The predicted molar refractivity (Wildman–Crippen MR) is 149 cm³/mol. The summed E-state index contributed by atoms with van der Waals surface area (Å²) in [5.74, 6) is 0.536. The van der Waals surface area contributed by atoms with Gasteiger partial charge < -0.3 is 19.3 Å². The van der Waals surface area contributed by atoms with Gasteiger partial charge in [-0.1, -0.05) is 122 Å². The first kappa shape index (κ1) is 32.9. The topological polar surface area (TPSA) is 47.9 Å². The lowest BCUT2D eigenvalue weighted by Crippen LogP contribution is -2.15. The molecule has 1 heterocycles. The van der Waals surface area contributed by atoms with Crippen LogP contribution in [0, 0.1) is 5.92 Å². The Morgan fingerprint density at radius 1 is 0.571 bits per heavy atom. The first-order valence-electron chi connectivity index (χ1n) is 15.7. The van der Waals surface area contributed by atoms with E-state index in [1.807, 2.05) is 0 Å². The average molecular weight is 499 g/mol. The van der Waals surface area contributed by atoms with Gasteiger partial charge in [-0.05, 0) is 25.7 Å². The van der Waals surface area contributed by atoms with Gasteiger partial charge in [-0.15, -0.1) is 0 Å². The molecule has 210 valence electrons. The minimum Gasteiger partial charge on any atom is -0.396 e. The molecule has 0 bridgehead atoms. The molecule has 0 aliphatic carbocycles. The molecule has 1 rings (SSSR count). The van der Waals surface area contributed by atoms with Crippen LogP contribution >= 0.6 is 0 Å². The fourth-order valence-electron chi connectivity index (χ4n) is 5.08. The number of hydrogen-bond acceptors (Lipinski definition) is 4. The average Bonchev–Trinajstić information content (AvgIpc) is 3.32. The van der Waals surface area contributed by atoms with Crippen molar-refractivity contribution in [2.45, 2.75) is 154 Å². The molecule has 0 saturated carbocycles. The van der Waals surface area contributed by atoms with Gasteiger partial charge in [0.2, 0.25) is 0 Å². The lowest BCUT2D eigenvalue weighted by molar-refractivity contribution is 0.0141. The normalized spacial score (nSPS) is 18.0. The number of rotatable bonds is 28. The lowest BCUT2D eigenvalue weighted by Gasteiger charge is -2.11. The van der Waals surface area contributed by atoms with Gasteiger partial charge in [0.25, 0.3) is 0 Å². The molecular formula is C31H62O4. The van der Waals surface area contributed by atoms with E-state index in [1.165, 1.54) is 116 Å². The minimum atomic E-state index is 0.267. The summed E-state index contributed by atoms with van der Waals surface area (Å²) < 4.78 is 17.6. The zero-order valence-electron chi connectivity index (χ0n) is 23.6. The number of aliphatic hydroxyl groups is 1. The van der Waals surface area contributed by atoms with Crippen LogP contribution in [0.1, 0.15) is 148 Å². The second kappa shape index (κ2) is 26.9. The molecule has 0 aromatic heterocycles. The van der Waals surface area contributed by atoms with E-state index in [2.05, 4.69) is 6.92 Å². The molecule has 1 aliphatic heterocycles. The molecule has 1 N–H and O–H groups in total. The Kier molecular flexibility index (Phi) is 25.3. The number of aliphatic hydroxyl groups excluding tert-OH is 1. The van der Waals surface area contributed by atoms with Crippen LogP contribution in [0.5, 0.6) is 0 Å². The number of ether oxygens (including phenoxy) is 3. The van der Waals surface area contributed by atoms with Gasteiger partial charge >= 0.3 is 0 Å². The fourth-order valence-corrected chi connectivity index (χ4v) is 5.08. The van der Waals surface area contributed by atoms with Gasteiger partial charge in [0, 0.05) is 25.7 Å². The quantitative estimate of drug-likeness (QED) is 0.110. The summed E-state index contributed by atoms with van der Waals surface area (Å²) >= 11 is 0. The zero-order chi connectivity index (χ0) is 25.1. The Morgan fingerprint density at radius 2 is 1.00 bits per heavy atom. The molecule has 4 nitrogen and oxygen atoms in total. The van der Waals surface area contributed by atoms with Crippen molar-refractivity contribution in [2.75, 3.05) is 39.6 Å². The van der Waals surface area contributed by atoms with Gasteiger partial charge in [0.15, 0.2) is 0 Å². The van der Waals surface area contributed by atoms with E-state index in [4.69, 9.17) is 19.3 Å². The van der Waals surface area contributed by atoms with E-state index in [0.29, 0.717) is 12.5 Å². The van der Waals surface area contributed by atoms with Crippen molar-refractivity contribution in [3.63, 3.8) is 0 Å². The van der Waals surface area contributed by atoms with E-state index in [1.54, 1.807) is 0 Å². The zero-order valence-corrected chi connectivity index (χ0v) is 23.6. The molecule has 0 radical (unpaired) electrons. The van der Waals surface area contributed by atoms with Gasteiger partial charge in [0.05, 0.1) is 25.9 Å². The Balaban J connectivity index is 1.73. The van der Waals surface area contributed by atoms with Crippen molar-refractivity contribution >= 4 is 0 Å². The summed E-state index contributed by atoms with van der Waals surface area (Å²) in [4.78, 5) is 0. The summed E-state index contributed by atoms with van der Waals surface area (Å²) in [6.07, 6.45) is 29.5. The molecule has 35 heavy (non-hydrogen) atoms. The second-order valence-corrected chi connectivity index (χ2v) is 11.0. The highest BCUT2D eigenvalue weighted by Crippen LogP contribution is 2.20. The molecule has 0 amide bonds. The first-order chi connectivity index (χ1) is 17.4. The van der Waals surface area contributed by atoms with Crippen LogP contribution in [0.3, 0.4) is 0 Å². The summed E-state index contributed by atoms with van der Waals surface area (Å²) in [6, 6.07) is 0. The van der Waals surface area contributed by atoms with Crippen LogP contribution in [0.2, 0.25) is 0 Å². The minimum absolute atomic E-state index is 0.267. The molecule has 1 aliphatic rings. The van der Waals surface area contributed by atoms with Crippen molar-refractivity contribution < 1.29 is 19.3 Å². The molecule has 0 unspecified atom stereocenters. The van der Waals surface area contributed by atoms with Crippen LogP contribution in [0.25, 0.3) is 0 Å². The van der Waals surface area contributed by atoms with Gasteiger partial charge in [0.1, 0.15) is 0 Å². The van der Waals surface area contributed by atoms with Gasteiger partial charge in [-0.3, -0.25) is 0 Å².